The molecule has 1 aromatic heterocycles. The Bertz CT molecular complexity index is 830. The number of rotatable bonds is 6. The van der Waals surface area contributed by atoms with Crippen molar-refractivity contribution in [3.63, 3.8) is 0 Å². The van der Waals surface area contributed by atoms with Gasteiger partial charge in [0.1, 0.15) is 11.5 Å². The fraction of sp³-hybridized carbons (Fsp3) is 0.176. The maximum Gasteiger partial charge on any atom is 0.573 e. The monoisotopic (exact) mass is 495 g/mol. The van der Waals surface area contributed by atoms with Gasteiger partial charge in [0, 0.05) is 11.8 Å². The van der Waals surface area contributed by atoms with E-state index in [-0.39, 0.29) is 5.69 Å². The number of carbonyl (C=O) groups excluding carboxylic acids is 2. The lowest BCUT2D eigenvalue weighted by Gasteiger charge is -2.13. The van der Waals surface area contributed by atoms with E-state index in [2.05, 4.69) is 10.1 Å². The summed E-state index contributed by atoms with van der Waals surface area (Å²) in [6.07, 6.45) is -3.41. The minimum absolute atomic E-state index is 0.220. The Morgan fingerprint density at radius 2 is 1.85 bits per heavy atom. The van der Waals surface area contributed by atoms with E-state index in [0.29, 0.717) is 9.53 Å². The number of benzene rings is 1. The van der Waals surface area contributed by atoms with Gasteiger partial charge in [-0.2, -0.15) is 0 Å². The van der Waals surface area contributed by atoms with Crippen molar-refractivity contribution in [1.29, 1.82) is 0 Å². The lowest BCUT2D eigenvalue weighted by atomic mass is 10.3. The molecule has 1 atom stereocenters. The molecule has 0 spiro atoms. The maximum absolute atomic E-state index is 12.1. The Kier molecular flexibility index (Phi) is 6.88. The fourth-order valence-corrected chi connectivity index (χ4v) is 2.25. The van der Waals surface area contributed by atoms with Crippen LogP contribution in [0.3, 0.4) is 0 Å². The molecule has 1 amide bonds. The van der Waals surface area contributed by atoms with E-state index in [4.69, 9.17) is 9.15 Å². The van der Waals surface area contributed by atoms with Crippen molar-refractivity contribution in [3.05, 3.63) is 52.0 Å². The molecule has 1 aromatic carbocycles. The maximum atomic E-state index is 12.1. The summed E-state index contributed by atoms with van der Waals surface area (Å²) in [5.41, 5.74) is 0.220. The summed E-state index contributed by atoms with van der Waals surface area (Å²) < 4.78 is 50.9. The number of hydrogen-bond donors (Lipinski definition) is 1. The number of carbonyl (C=O) groups is 2. The van der Waals surface area contributed by atoms with Gasteiger partial charge in [0.25, 0.3) is 5.91 Å². The van der Waals surface area contributed by atoms with Gasteiger partial charge in [-0.05, 0) is 72.0 Å². The molecule has 0 saturated heterocycles. The van der Waals surface area contributed by atoms with Crippen molar-refractivity contribution >= 4 is 46.2 Å². The predicted molar refractivity (Wildman–Crippen MR) is 97.8 cm³/mol. The highest BCUT2D eigenvalue weighted by atomic mass is 127. The number of furan rings is 1. The molecule has 1 N–H and O–H groups in total. The van der Waals surface area contributed by atoms with Crippen molar-refractivity contribution in [2.75, 3.05) is 5.32 Å². The van der Waals surface area contributed by atoms with E-state index in [1.54, 1.807) is 12.1 Å². The SMILES string of the molecule is CC(OC(=O)/C=C/c1ccc(I)o1)C(=O)Nc1ccc(OC(F)(F)F)cc1. The van der Waals surface area contributed by atoms with Crippen molar-refractivity contribution in [2.45, 2.75) is 19.4 Å². The van der Waals surface area contributed by atoms with Crippen molar-refractivity contribution in [1.82, 2.24) is 0 Å². The molecular formula is C17H13F3INO5. The van der Waals surface area contributed by atoms with Gasteiger partial charge >= 0.3 is 12.3 Å². The highest BCUT2D eigenvalue weighted by molar-refractivity contribution is 14.1. The number of anilines is 1. The average Bonchev–Trinajstić information content (AvgIpc) is 2.99. The third-order valence-electron chi connectivity index (χ3n) is 3.00. The highest BCUT2D eigenvalue weighted by Crippen LogP contribution is 2.24. The normalized spacial score (nSPS) is 12.6. The van der Waals surface area contributed by atoms with Crippen LogP contribution in [-0.4, -0.2) is 24.3 Å². The zero-order valence-electron chi connectivity index (χ0n) is 13.7. The van der Waals surface area contributed by atoms with Gasteiger partial charge in [-0.25, -0.2) is 4.79 Å². The van der Waals surface area contributed by atoms with Gasteiger partial charge in [-0.3, -0.25) is 4.79 Å². The largest absolute Gasteiger partial charge is 0.573 e. The van der Waals surface area contributed by atoms with E-state index in [9.17, 15) is 22.8 Å². The van der Waals surface area contributed by atoms with E-state index in [1.807, 2.05) is 22.6 Å². The van der Waals surface area contributed by atoms with Crippen LogP contribution < -0.4 is 10.1 Å². The summed E-state index contributed by atoms with van der Waals surface area (Å²) in [5, 5.41) is 2.42. The molecule has 0 aliphatic heterocycles. The van der Waals surface area contributed by atoms with Gasteiger partial charge < -0.3 is 19.2 Å². The molecule has 0 aliphatic rings. The molecule has 2 aromatic rings. The summed E-state index contributed by atoms with van der Waals surface area (Å²) in [6.45, 7) is 1.36. The number of hydrogen-bond acceptors (Lipinski definition) is 5. The first-order valence-electron chi connectivity index (χ1n) is 7.43. The molecule has 0 fully saturated rings. The van der Waals surface area contributed by atoms with Crippen LogP contribution in [0.1, 0.15) is 12.7 Å². The topological polar surface area (TPSA) is 77.8 Å². The van der Waals surface area contributed by atoms with Crippen LogP contribution in [0.25, 0.3) is 6.08 Å². The summed E-state index contributed by atoms with van der Waals surface area (Å²) in [6, 6.07) is 7.93. The van der Waals surface area contributed by atoms with Crippen LogP contribution in [0.4, 0.5) is 18.9 Å². The number of halogens is 4. The zero-order chi connectivity index (χ0) is 20.0. The summed E-state index contributed by atoms with van der Waals surface area (Å²) in [7, 11) is 0. The highest BCUT2D eigenvalue weighted by Gasteiger charge is 2.31. The van der Waals surface area contributed by atoms with Crippen LogP contribution in [0.5, 0.6) is 5.75 Å². The first-order chi connectivity index (χ1) is 12.6. The molecule has 0 bridgehead atoms. The third-order valence-corrected chi connectivity index (χ3v) is 3.58. The van der Waals surface area contributed by atoms with Crippen molar-refractivity contribution in [3.8, 4) is 5.75 Å². The number of ether oxygens (including phenoxy) is 2. The summed E-state index contributed by atoms with van der Waals surface area (Å²) in [4.78, 5) is 23.7. The molecular weight excluding hydrogens is 482 g/mol. The minimum atomic E-state index is -4.80. The smallest absolute Gasteiger partial charge is 0.451 e. The first kappa shape index (κ1) is 20.8. The molecule has 6 nitrogen and oxygen atoms in total. The lowest BCUT2D eigenvalue weighted by Crippen LogP contribution is -2.29. The van der Waals surface area contributed by atoms with E-state index in [0.717, 1.165) is 18.2 Å². The van der Waals surface area contributed by atoms with Crippen LogP contribution in [0.15, 0.2) is 46.9 Å². The Balaban J connectivity index is 1.85. The van der Waals surface area contributed by atoms with E-state index < -0.39 is 30.1 Å². The van der Waals surface area contributed by atoms with Crippen LogP contribution >= 0.6 is 22.6 Å². The summed E-state index contributed by atoms with van der Waals surface area (Å²) in [5.74, 6) is -1.36. The van der Waals surface area contributed by atoms with E-state index >= 15 is 0 Å². The second-order valence-corrected chi connectivity index (χ2v) is 6.18. The number of alkyl halides is 3. The second kappa shape index (κ2) is 8.93. The lowest BCUT2D eigenvalue weighted by molar-refractivity contribution is -0.274. The molecule has 0 aliphatic carbocycles. The second-order valence-electron chi connectivity index (χ2n) is 5.12. The molecule has 10 heteroatoms. The molecule has 1 unspecified atom stereocenters. The molecule has 1 heterocycles. The van der Waals surface area contributed by atoms with Crippen LogP contribution in [0.2, 0.25) is 0 Å². The van der Waals surface area contributed by atoms with Gasteiger partial charge in [0.2, 0.25) is 0 Å². The van der Waals surface area contributed by atoms with Gasteiger partial charge in [-0.1, -0.05) is 0 Å². The van der Waals surface area contributed by atoms with Crippen LogP contribution in [-0.2, 0) is 14.3 Å². The molecule has 2 rings (SSSR count). The van der Waals surface area contributed by atoms with Crippen molar-refractivity contribution in [2.24, 2.45) is 0 Å². The first-order valence-corrected chi connectivity index (χ1v) is 8.51. The summed E-state index contributed by atoms with van der Waals surface area (Å²) >= 11 is 1.97. The average molecular weight is 495 g/mol. The number of esters is 1. The third kappa shape index (κ3) is 7.33. The number of amides is 1. The van der Waals surface area contributed by atoms with Gasteiger partial charge in [-0.15, -0.1) is 13.2 Å². The molecule has 144 valence electrons. The predicted octanol–water partition coefficient (Wildman–Crippen LogP) is 4.37. The fourth-order valence-electron chi connectivity index (χ4n) is 1.82. The Morgan fingerprint density at radius 1 is 1.19 bits per heavy atom. The van der Waals surface area contributed by atoms with Crippen LogP contribution in [0, 0.1) is 3.77 Å². The van der Waals surface area contributed by atoms with Gasteiger partial charge in [0.15, 0.2) is 9.87 Å². The molecule has 0 radical (unpaired) electrons. The Morgan fingerprint density at radius 3 is 2.41 bits per heavy atom. The molecule has 0 saturated carbocycles. The standard InChI is InChI=1S/C17H13F3INO5/c1-10(25-15(23)9-7-12-6-8-14(21)26-12)16(24)22-11-2-4-13(5-3-11)27-17(18,19)20/h2-10H,1H3,(H,22,24)/b9-7+. The minimum Gasteiger partial charge on any atom is -0.451 e. The molecule has 27 heavy (non-hydrogen) atoms. The van der Waals surface area contributed by atoms with Gasteiger partial charge in [0.05, 0.1) is 0 Å². The number of nitrogens with one attached hydrogen (secondary N) is 1. The quantitative estimate of drug-likeness (QED) is 0.366. The van der Waals surface area contributed by atoms with Crippen molar-refractivity contribution < 1.29 is 36.7 Å². The zero-order valence-corrected chi connectivity index (χ0v) is 15.9. The Labute approximate surface area is 165 Å². The van der Waals surface area contributed by atoms with E-state index in [1.165, 1.54) is 25.1 Å². The Hall–Kier alpha value is -2.50.